The minimum Gasteiger partial charge on any atom is -0.488 e. The second-order valence-corrected chi connectivity index (χ2v) is 8.52. The zero-order chi connectivity index (χ0) is 22.2. The number of nitrogens with one attached hydrogen (secondary N) is 1. The maximum absolute atomic E-state index is 12.7. The van der Waals surface area contributed by atoms with Crippen molar-refractivity contribution in [3.05, 3.63) is 63.6 Å². The van der Waals surface area contributed by atoms with E-state index in [-0.39, 0.29) is 24.3 Å². The molecule has 6 nitrogen and oxygen atoms in total. The van der Waals surface area contributed by atoms with Gasteiger partial charge in [-0.05, 0) is 56.6 Å². The van der Waals surface area contributed by atoms with Gasteiger partial charge in [0.25, 0.3) is 5.91 Å². The number of hydrogen-bond donors (Lipinski definition) is 2. The molecule has 3 rings (SSSR count). The molecular weight excluding hydrogens is 437 g/mol. The number of benzene rings is 2. The molecule has 1 saturated heterocycles. The molecule has 0 bridgehead atoms. The first kappa shape index (κ1) is 23.4. The van der Waals surface area contributed by atoms with Crippen LogP contribution in [0.5, 0.6) is 5.75 Å². The molecular formula is C23H27Cl2N3O3. The van der Waals surface area contributed by atoms with E-state index in [1.165, 1.54) is 0 Å². The molecule has 0 aromatic heterocycles. The Kier molecular flexibility index (Phi) is 8.58. The van der Waals surface area contributed by atoms with Crippen LogP contribution in [0.3, 0.4) is 0 Å². The molecule has 0 radical (unpaired) electrons. The molecule has 0 aliphatic carbocycles. The van der Waals surface area contributed by atoms with Crippen molar-refractivity contribution in [1.29, 1.82) is 0 Å². The molecule has 1 fully saturated rings. The van der Waals surface area contributed by atoms with Crippen molar-refractivity contribution in [1.82, 2.24) is 10.2 Å². The summed E-state index contributed by atoms with van der Waals surface area (Å²) in [6.45, 7) is 3.25. The monoisotopic (exact) mass is 463 g/mol. The molecule has 2 aromatic carbocycles. The standard InChI is InChI=1S/C23H27Cl2N3O3/c24-18-9-8-17(20(25)13-18)15-31-21-7-2-1-6-19(21)23(30)27-10-4-12-28-11-3-5-16(14-28)22(26)29/h1-2,6-9,13,16H,3-5,10-12,14-15H2,(H2,26,29)(H,27,30). The third-order valence-corrected chi connectivity index (χ3v) is 5.96. The first-order valence-corrected chi connectivity index (χ1v) is 11.1. The highest BCUT2D eigenvalue weighted by atomic mass is 35.5. The summed E-state index contributed by atoms with van der Waals surface area (Å²) < 4.78 is 5.86. The average molecular weight is 464 g/mol. The molecule has 1 aliphatic heterocycles. The number of carbonyl (C=O) groups excluding carboxylic acids is 2. The lowest BCUT2D eigenvalue weighted by molar-refractivity contribution is -0.123. The molecule has 3 N–H and O–H groups in total. The maximum Gasteiger partial charge on any atom is 0.255 e. The van der Waals surface area contributed by atoms with Crippen LogP contribution in [-0.2, 0) is 11.4 Å². The Morgan fingerprint density at radius 2 is 2.00 bits per heavy atom. The van der Waals surface area contributed by atoms with E-state index in [1.54, 1.807) is 36.4 Å². The second-order valence-electron chi connectivity index (χ2n) is 7.67. The fourth-order valence-electron chi connectivity index (χ4n) is 3.67. The van der Waals surface area contributed by atoms with Gasteiger partial charge in [-0.3, -0.25) is 9.59 Å². The molecule has 2 aromatic rings. The van der Waals surface area contributed by atoms with Gasteiger partial charge in [-0.2, -0.15) is 0 Å². The van der Waals surface area contributed by atoms with Crippen LogP contribution >= 0.6 is 23.2 Å². The Hall–Kier alpha value is -2.28. The third-order valence-electron chi connectivity index (χ3n) is 5.37. The Morgan fingerprint density at radius 1 is 1.19 bits per heavy atom. The summed E-state index contributed by atoms with van der Waals surface area (Å²) in [6.07, 6.45) is 2.63. The fraction of sp³-hybridized carbons (Fsp3) is 0.391. The number of nitrogens with two attached hydrogens (primary N) is 1. The van der Waals surface area contributed by atoms with Crippen LogP contribution in [0.1, 0.15) is 35.2 Å². The lowest BCUT2D eigenvalue weighted by Crippen LogP contribution is -2.42. The number of carbonyl (C=O) groups is 2. The summed E-state index contributed by atoms with van der Waals surface area (Å²) in [7, 11) is 0. The minimum absolute atomic E-state index is 0.0680. The number of amides is 2. The van der Waals surface area contributed by atoms with Gasteiger partial charge in [0.15, 0.2) is 0 Å². The lowest BCUT2D eigenvalue weighted by Gasteiger charge is -2.31. The second kappa shape index (κ2) is 11.4. The van der Waals surface area contributed by atoms with Crippen LogP contribution < -0.4 is 15.8 Å². The van der Waals surface area contributed by atoms with Crippen LogP contribution in [-0.4, -0.2) is 42.9 Å². The predicted molar refractivity (Wildman–Crippen MR) is 123 cm³/mol. The number of para-hydroxylation sites is 1. The summed E-state index contributed by atoms with van der Waals surface area (Å²) >= 11 is 12.1. The van der Waals surface area contributed by atoms with Gasteiger partial charge in [-0.15, -0.1) is 0 Å². The molecule has 1 atom stereocenters. The van der Waals surface area contributed by atoms with Crippen molar-refractivity contribution in [3.63, 3.8) is 0 Å². The van der Waals surface area contributed by atoms with Gasteiger partial charge >= 0.3 is 0 Å². The first-order chi connectivity index (χ1) is 14.9. The smallest absolute Gasteiger partial charge is 0.255 e. The summed E-state index contributed by atoms with van der Waals surface area (Å²) in [5.74, 6) is 0.00816. The van der Waals surface area contributed by atoms with E-state index in [4.69, 9.17) is 33.7 Å². The zero-order valence-electron chi connectivity index (χ0n) is 17.3. The quantitative estimate of drug-likeness (QED) is 0.552. The molecule has 0 saturated carbocycles. The van der Waals surface area contributed by atoms with Gasteiger partial charge in [0.1, 0.15) is 12.4 Å². The van der Waals surface area contributed by atoms with Crippen LogP contribution in [0.2, 0.25) is 10.0 Å². The van der Waals surface area contributed by atoms with Crippen LogP contribution in [0, 0.1) is 5.92 Å². The van der Waals surface area contributed by atoms with Gasteiger partial charge < -0.3 is 20.7 Å². The topological polar surface area (TPSA) is 84.7 Å². The summed E-state index contributed by atoms with van der Waals surface area (Å²) in [4.78, 5) is 26.3. The van der Waals surface area contributed by atoms with Crippen LogP contribution in [0.4, 0.5) is 0 Å². The Balaban J connectivity index is 1.48. The van der Waals surface area contributed by atoms with Crippen molar-refractivity contribution >= 4 is 35.0 Å². The maximum atomic E-state index is 12.7. The normalized spacial score (nSPS) is 16.6. The zero-order valence-corrected chi connectivity index (χ0v) is 18.8. The minimum atomic E-state index is -0.227. The number of piperidine rings is 1. The summed E-state index contributed by atoms with van der Waals surface area (Å²) in [5, 5.41) is 4.03. The van der Waals surface area contributed by atoms with Gasteiger partial charge in [0.2, 0.25) is 5.91 Å². The van der Waals surface area contributed by atoms with E-state index in [0.717, 1.165) is 37.9 Å². The highest BCUT2D eigenvalue weighted by molar-refractivity contribution is 6.35. The molecule has 1 unspecified atom stereocenters. The van der Waals surface area contributed by atoms with Crippen LogP contribution in [0.25, 0.3) is 0 Å². The van der Waals surface area contributed by atoms with E-state index >= 15 is 0 Å². The van der Waals surface area contributed by atoms with E-state index in [9.17, 15) is 9.59 Å². The number of ether oxygens (including phenoxy) is 1. The van der Waals surface area contributed by atoms with Crippen molar-refractivity contribution in [2.75, 3.05) is 26.2 Å². The van der Waals surface area contributed by atoms with E-state index in [0.29, 0.717) is 34.4 Å². The van der Waals surface area contributed by atoms with Crippen molar-refractivity contribution < 1.29 is 14.3 Å². The predicted octanol–water partition coefficient (Wildman–Crippen LogP) is 3.89. The SMILES string of the molecule is NC(=O)C1CCCN(CCCNC(=O)c2ccccc2OCc2ccc(Cl)cc2Cl)C1. The largest absolute Gasteiger partial charge is 0.488 e. The summed E-state index contributed by atoms with van der Waals surface area (Å²) in [6, 6.07) is 12.3. The Bertz CT molecular complexity index is 923. The fourth-order valence-corrected chi connectivity index (χ4v) is 4.13. The third kappa shape index (κ3) is 6.86. The van der Waals surface area contributed by atoms with Gasteiger partial charge in [0.05, 0.1) is 11.5 Å². The molecule has 31 heavy (non-hydrogen) atoms. The Labute approximate surface area is 192 Å². The van der Waals surface area contributed by atoms with E-state index in [2.05, 4.69) is 10.2 Å². The molecule has 2 amide bonds. The highest BCUT2D eigenvalue weighted by Gasteiger charge is 2.23. The van der Waals surface area contributed by atoms with Gasteiger partial charge in [0, 0.05) is 28.7 Å². The Morgan fingerprint density at radius 3 is 2.77 bits per heavy atom. The van der Waals surface area contributed by atoms with Crippen molar-refractivity contribution in [2.45, 2.75) is 25.9 Å². The van der Waals surface area contributed by atoms with Crippen LogP contribution in [0.15, 0.2) is 42.5 Å². The lowest BCUT2D eigenvalue weighted by atomic mass is 9.97. The number of nitrogens with zero attached hydrogens (tertiary/aromatic N) is 1. The number of primary amides is 1. The molecule has 166 valence electrons. The van der Waals surface area contributed by atoms with Crippen molar-refractivity contribution in [3.8, 4) is 5.75 Å². The average Bonchev–Trinajstić information content (AvgIpc) is 2.76. The van der Waals surface area contributed by atoms with E-state index in [1.807, 2.05) is 6.07 Å². The molecule has 1 aliphatic rings. The highest BCUT2D eigenvalue weighted by Crippen LogP contribution is 2.24. The number of halogens is 2. The van der Waals surface area contributed by atoms with Gasteiger partial charge in [-0.25, -0.2) is 0 Å². The summed E-state index contributed by atoms with van der Waals surface area (Å²) in [5.41, 5.74) is 6.69. The number of hydrogen-bond acceptors (Lipinski definition) is 4. The molecule has 1 heterocycles. The number of rotatable bonds is 9. The van der Waals surface area contributed by atoms with Gasteiger partial charge in [-0.1, -0.05) is 41.4 Å². The van der Waals surface area contributed by atoms with Crippen molar-refractivity contribution in [2.24, 2.45) is 11.7 Å². The molecule has 8 heteroatoms. The number of likely N-dealkylation sites (tertiary alicyclic amines) is 1. The first-order valence-electron chi connectivity index (χ1n) is 10.4. The molecule has 0 spiro atoms. The van der Waals surface area contributed by atoms with E-state index < -0.39 is 0 Å².